The Balaban J connectivity index is 1.61. The molecule has 0 atom stereocenters. The molecule has 2 aromatic carbocycles. The molecule has 4 aromatic rings. The number of aromatic nitrogens is 3. The molecule has 29 heavy (non-hydrogen) atoms. The van der Waals surface area contributed by atoms with Crippen molar-refractivity contribution in [3.63, 3.8) is 0 Å². The fourth-order valence-electron chi connectivity index (χ4n) is 3.02. The summed E-state index contributed by atoms with van der Waals surface area (Å²) in [4.78, 5) is 18.1. The number of amides is 1. The standard InChI is InChI=1S/C22H20FN5O/c1-27(2)21(29)17-10-12-18(13-11-17)24-22-25-20-5-3-4-19(28(20)26-22)16-8-6-15(14-23)7-9-16/h3-13H,14H2,1-2H3,(H,24,26). The molecule has 0 saturated carbocycles. The first kappa shape index (κ1) is 18.6. The van der Waals surface area contributed by atoms with E-state index in [0.29, 0.717) is 22.7 Å². The van der Waals surface area contributed by atoms with Crippen LogP contribution in [0.25, 0.3) is 16.9 Å². The molecule has 7 heteroatoms. The van der Waals surface area contributed by atoms with Crippen LogP contribution in [0.4, 0.5) is 16.0 Å². The van der Waals surface area contributed by atoms with Gasteiger partial charge in [-0.05, 0) is 42.0 Å². The fourth-order valence-corrected chi connectivity index (χ4v) is 3.02. The SMILES string of the molecule is CN(C)C(=O)c1ccc(Nc2nc3cccc(-c4ccc(CF)cc4)n3n2)cc1. The van der Waals surface area contributed by atoms with Crippen LogP contribution >= 0.6 is 0 Å². The predicted molar refractivity (Wildman–Crippen MR) is 111 cm³/mol. The van der Waals surface area contributed by atoms with Crippen LogP contribution in [-0.2, 0) is 6.67 Å². The summed E-state index contributed by atoms with van der Waals surface area (Å²) in [7, 11) is 3.44. The highest BCUT2D eigenvalue weighted by Crippen LogP contribution is 2.23. The van der Waals surface area contributed by atoms with E-state index in [0.717, 1.165) is 16.9 Å². The molecule has 2 aromatic heterocycles. The molecule has 4 rings (SSSR count). The molecule has 0 aliphatic carbocycles. The second-order valence-corrected chi connectivity index (χ2v) is 6.85. The Morgan fingerprint density at radius 3 is 2.41 bits per heavy atom. The normalized spacial score (nSPS) is 10.9. The number of carbonyl (C=O) groups excluding carboxylic acids is 1. The van der Waals surface area contributed by atoms with Crippen LogP contribution in [0.1, 0.15) is 15.9 Å². The van der Waals surface area contributed by atoms with E-state index in [1.807, 2.05) is 42.5 Å². The number of fused-ring (bicyclic) bond motifs is 1. The Morgan fingerprint density at radius 1 is 1.03 bits per heavy atom. The summed E-state index contributed by atoms with van der Waals surface area (Å²) >= 11 is 0. The van der Waals surface area contributed by atoms with Gasteiger partial charge >= 0.3 is 0 Å². The molecular formula is C22H20FN5O. The molecule has 0 fully saturated rings. The van der Waals surface area contributed by atoms with Gasteiger partial charge in [0.25, 0.3) is 5.91 Å². The number of nitrogens with one attached hydrogen (secondary N) is 1. The van der Waals surface area contributed by atoms with Crippen LogP contribution in [-0.4, -0.2) is 39.5 Å². The molecule has 0 radical (unpaired) electrons. The minimum Gasteiger partial charge on any atom is -0.345 e. The Kier molecular flexibility index (Phi) is 4.95. The third-order valence-electron chi connectivity index (χ3n) is 4.56. The van der Waals surface area contributed by atoms with Crippen molar-refractivity contribution in [3.8, 4) is 11.3 Å². The van der Waals surface area contributed by atoms with Crippen molar-refractivity contribution in [2.24, 2.45) is 0 Å². The van der Waals surface area contributed by atoms with Crippen LogP contribution in [0.15, 0.2) is 66.7 Å². The number of carbonyl (C=O) groups is 1. The van der Waals surface area contributed by atoms with Crippen LogP contribution in [0.5, 0.6) is 0 Å². The van der Waals surface area contributed by atoms with Gasteiger partial charge in [-0.15, -0.1) is 5.10 Å². The second kappa shape index (κ2) is 7.71. The van der Waals surface area contributed by atoms with Crippen molar-refractivity contribution in [2.75, 3.05) is 19.4 Å². The first-order valence-electron chi connectivity index (χ1n) is 9.15. The van der Waals surface area contributed by atoms with Gasteiger partial charge in [0.15, 0.2) is 5.65 Å². The zero-order valence-corrected chi connectivity index (χ0v) is 16.1. The lowest BCUT2D eigenvalue weighted by atomic mass is 10.1. The number of benzene rings is 2. The van der Waals surface area contributed by atoms with E-state index in [2.05, 4.69) is 15.4 Å². The highest BCUT2D eigenvalue weighted by atomic mass is 19.1. The van der Waals surface area contributed by atoms with Crippen molar-refractivity contribution in [3.05, 3.63) is 77.9 Å². The highest BCUT2D eigenvalue weighted by molar-refractivity contribution is 5.94. The number of anilines is 2. The molecule has 146 valence electrons. The van der Waals surface area contributed by atoms with E-state index in [1.165, 1.54) is 4.90 Å². The van der Waals surface area contributed by atoms with Crippen molar-refractivity contribution < 1.29 is 9.18 Å². The van der Waals surface area contributed by atoms with Crippen molar-refractivity contribution in [1.82, 2.24) is 19.5 Å². The minimum absolute atomic E-state index is 0.0502. The Labute approximate surface area is 167 Å². The monoisotopic (exact) mass is 389 g/mol. The Bertz CT molecular complexity index is 1150. The van der Waals surface area contributed by atoms with Gasteiger partial charge in [0.1, 0.15) is 6.67 Å². The maximum atomic E-state index is 12.8. The van der Waals surface area contributed by atoms with Crippen LogP contribution < -0.4 is 5.32 Å². The lowest BCUT2D eigenvalue weighted by Gasteiger charge is -2.10. The molecule has 1 N–H and O–H groups in total. The number of hydrogen-bond acceptors (Lipinski definition) is 4. The molecule has 0 unspecified atom stereocenters. The Morgan fingerprint density at radius 2 is 1.76 bits per heavy atom. The number of rotatable bonds is 5. The molecule has 2 heterocycles. The summed E-state index contributed by atoms with van der Waals surface area (Å²) < 4.78 is 14.5. The van der Waals surface area contributed by atoms with E-state index in [9.17, 15) is 9.18 Å². The lowest BCUT2D eigenvalue weighted by Crippen LogP contribution is -2.21. The summed E-state index contributed by atoms with van der Waals surface area (Å²) in [5.41, 5.74) is 4.51. The van der Waals surface area contributed by atoms with Crippen LogP contribution in [0.2, 0.25) is 0 Å². The van der Waals surface area contributed by atoms with Gasteiger partial charge in [-0.2, -0.15) is 4.98 Å². The zero-order valence-electron chi connectivity index (χ0n) is 16.1. The lowest BCUT2D eigenvalue weighted by molar-refractivity contribution is 0.0827. The Hall–Kier alpha value is -3.74. The molecular weight excluding hydrogens is 369 g/mol. The van der Waals surface area contributed by atoms with E-state index in [4.69, 9.17) is 0 Å². The molecule has 0 saturated heterocycles. The number of hydrogen-bond donors (Lipinski definition) is 1. The first-order valence-corrected chi connectivity index (χ1v) is 9.15. The topological polar surface area (TPSA) is 62.5 Å². The average molecular weight is 389 g/mol. The van der Waals surface area contributed by atoms with Gasteiger partial charge in [0.2, 0.25) is 5.95 Å². The third kappa shape index (κ3) is 3.80. The van der Waals surface area contributed by atoms with E-state index < -0.39 is 6.67 Å². The van der Waals surface area contributed by atoms with E-state index >= 15 is 0 Å². The van der Waals surface area contributed by atoms with E-state index in [1.54, 1.807) is 42.9 Å². The van der Waals surface area contributed by atoms with Crippen molar-refractivity contribution in [1.29, 1.82) is 0 Å². The highest BCUT2D eigenvalue weighted by Gasteiger charge is 2.11. The second-order valence-electron chi connectivity index (χ2n) is 6.85. The van der Waals surface area contributed by atoms with Crippen LogP contribution in [0, 0.1) is 0 Å². The largest absolute Gasteiger partial charge is 0.345 e. The fraction of sp³-hybridized carbons (Fsp3) is 0.136. The summed E-state index contributed by atoms with van der Waals surface area (Å²) in [6.07, 6.45) is 0. The minimum atomic E-state index is -0.485. The smallest absolute Gasteiger partial charge is 0.253 e. The summed E-state index contributed by atoms with van der Waals surface area (Å²) in [6, 6.07) is 20.2. The number of halogens is 1. The predicted octanol–water partition coefficient (Wildman–Crippen LogP) is 4.31. The summed E-state index contributed by atoms with van der Waals surface area (Å²) in [6.45, 7) is -0.485. The number of nitrogens with zero attached hydrogens (tertiary/aromatic N) is 4. The van der Waals surface area contributed by atoms with Gasteiger partial charge in [0, 0.05) is 30.9 Å². The van der Waals surface area contributed by atoms with Gasteiger partial charge < -0.3 is 10.2 Å². The third-order valence-corrected chi connectivity index (χ3v) is 4.56. The molecule has 6 nitrogen and oxygen atoms in total. The maximum Gasteiger partial charge on any atom is 0.253 e. The molecule has 1 amide bonds. The molecule has 0 bridgehead atoms. The van der Waals surface area contributed by atoms with Gasteiger partial charge in [0.05, 0.1) is 5.69 Å². The summed E-state index contributed by atoms with van der Waals surface area (Å²) in [5.74, 6) is 0.398. The quantitative estimate of drug-likeness (QED) is 0.552. The average Bonchev–Trinajstić information content (AvgIpc) is 3.16. The molecule has 0 aliphatic heterocycles. The zero-order chi connectivity index (χ0) is 20.4. The van der Waals surface area contributed by atoms with Gasteiger partial charge in [-0.1, -0.05) is 30.3 Å². The number of alkyl halides is 1. The van der Waals surface area contributed by atoms with Crippen molar-refractivity contribution >= 4 is 23.2 Å². The maximum absolute atomic E-state index is 12.8. The van der Waals surface area contributed by atoms with Gasteiger partial charge in [-0.3, -0.25) is 4.79 Å². The van der Waals surface area contributed by atoms with Crippen molar-refractivity contribution in [2.45, 2.75) is 6.67 Å². The van der Waals surface area contributed by atoms with E-state index in [-0.39, 0.29) is 5.91 Å². The van der Waals surface area contributed by atoms with Gasteiger partial charge in [-0.25, -0.2) is 8.91 Å². The molecule has 0 aliphatic rings. The number of pyridine rings is 1. The van der Waals surface area contributed by atoms with Crippen LogP contribution in [0.3, 0.4) is 0 Å². The molecule has 0 spiro atoms. The first-order chi connectivity index (χ1) is 14.0. The summed E-state index contributed by atoms with van der Waals surface area (Å²) in [5, 5.41) is 7.73.